The Morgan fingerprint density at radius 3 is 2.26 bits per heavy atom. The summed E-state index contributed by atoms with van der Waals surface area (Å²) >= 11 is 0. The number of aromatic nitrogens is 1. The van der Waals surface area contributed by atoms with E-state index in [4.69, 9.17) is 0 Å². The van der Waals surface area contributed by atoms with Crippen LogP contribution in [0.4, 0.5) is 13.2 Å². The van der Waals surface area contributed by atoms with Gasteiger partial charge in [-0.2, -0.15) is 13.2 Å². The van der Waals surface area contributed by atoms with Crippen molar-refractivity contribution in [3.63, 3.8) is 0 Å². The molecule has 1 N–H and O–H groups in total. The number of alkyl halides is 3. The first kappa shape index (κ1) is 11.8. The molecule has 0 aliphatic heterocycles. The van der Waals surface area contributed by atoms with Crippen LogP contribution in [0.1, 0.15) is 5.56 Å². The van der Waals surface area contributed by atoms with E-state index in [1.54, 1.807) is 0 Å². The maximum atomic E-state index is 12.6. The maximum absolute atomic E-state index is 12.6. The van der Waals surface area contributed by atoms with Gasteiger partial charge in [0, 0.05) is 16.6 Å². The molecule has 1 heterocycles. The molecule has 0 saturated heterocycles. The SMILES string of the molecule is FC(F)(F)c1ccc2cc(-c3ccccc3)[nH]c2c1. The molecule has 3 rings (SSSR count). The first-order valence-electron chi connectivity index (χ1n) is 5.79. The molecule has 1 nitrogen and oxygen atoms in total. The van der Waals surface area contributed by atoms with Crippen LogP contribution in [0.25, 0.3) is 22.2 Å². The highest BCUT2D eigenvalue weighted by Gasteiger charge is 2.30. The van der Waals surface area contributed by atoms with E-state index in [0.717, 1.165) is 28.8 Å². The lowest BCUT2D eigenvalue weighted by molar-refractivity contribution is -0.137. The predicted octanol–water partition coefficient (Wildman–Crippen LogP) is 4.85. The van der Waals surface area contributed by atoms with E-state index in [1.165, 1.54) is 6.07 Å². The fourth-order valence-corrected chi connectivity index (χ4v) is 2.08. The van der Waals surface area contributed by atoms with E-state index < -0.39 is 11.7 Å². The van der Waals surface area contributed by atoms with Crippen molar-refractivity contribution in [2.24, 2.45) is 0 Å². The number of hydrogen-bond donors (Lipinski definition) is 1. The number of hydrogen-bond acceptors (Lipinski definition) is 0. The minimum atomic E-state index is -4.31. The topological polar surface area (TPSA) is 15.8 Å². The smallest absolute Gasteiger partial charge is 0.355 e. The van der Waals surface area contributed by atoms with Crippen LogP contribution in [0.2, 0.25) is 0 Å². The van der Waals surface area contributed by atoms with Crippen LogP contribution in [0, 0.1) is 0 Å². The van der Waals surface area contributed by atoms with E-state index in [-0.39, 0.29) is 0 Å². The third-order valence-electron chi connectivity index (χ3n) is 3.03. The number of nitrogens with one attached hydrogen (secondary N) is 1. The second-order valence-electron chi connectivity index (χ2n) is 4.35. The number of H-pyrrole nitrogens is 1. The highest BCUT2D eigenvalue weighted by molar-refractivity contribution is 5.86. The third-order valence-corrected chi connectivity index (χ3v) is 3.03. The van der Waals surface area contributed by atoms with Crippen LogP contribution in [-0.2, 0) is 6.18 Å². The second kappa shape index (κ2) is 4.16. The minimum Gasteiger partial charge on any atom is -0.355 e. The molecule has 0 unspecified atom stereocenters. The summed E-state index contributed by atoms with van der Waals surface area (Å²) < 4.78 is 37.9. The number of aromatic amines is 1. The standard InChI is InChI=1S/C15H10F3N/c16-15(17,18)12-7-6-11-8-13(19-14(11)9-12)10-4-2-1-3-5-10/h1-9,19H. The van der Waals surface area contributed by atoms with Gasteiger partial charge in [0.15, 0.2) is 0 Å². The number of rotatable bonds is 1. The molecule has 0 saturated carbocycles. The Morgan fingerprint density at radius 2 is 1.58 bits per heavy atom. The van der Waals surface area contributed by atoms with E-state index in [9.17, 15) is 13.2 Å². The van der Waals surface area contributed by atoms with Crippen LogP contribution in [-0.4, -0.2) is 4.98 Å². The molecule has 1 aromatic heterocycles. The summed E-state index contributed by atoms with van der Waals surface area (Å²) in [6.45, 7) is 0. The largest absolute Gasteiger partial charge is 0.416 e. The zero-order valence-electron chi connectivity index (χ0n) is 9.83. The number of fused-ring (bicyclic) bond motifs is 1. The Kier molecular flexibility index (Phi) is 2.59. The molecule has 0 amide bonds. The van der Waals surface area contributed by atoms with Crippen molar-refractivity contribution in [1.82, 2.24) is 4.98 Å². The van der Waals surface area contributed by atoms with Gasteiger partial charge in [0.25, 0.3) is 0 Å². The first-order chi connectivity index (χ1) is 9.04. The summed E-state index contributed by atoms with van der Waals surface area (Å²) in [5, 5.41) is 0.770. The zero-order chi connectivity index (χ0) is 13.5. The lowest BCUT2D eigenvalue weighted by Crippen LogP contribution is -2.03. The lowest BCUT2D eigenvalue weighted by Gasteiger charge is -2.05. The molecule has 2 aromatic carbocycles. The van der Waals surface area contributed by atoms with Crippen LogP contribution in [0.5, 0.6) is 0 Å². The minimum absolute atomic E-state index is 0.494. The van der Waals surface area contributed by atoms with Crippen LogP contribution >= 0.6 is 0 Å². The molecule has 96 valence electrons. The molecule has 0 aliphatic carbocycles. The highest BCUT2D eigenvalue weighted by atomic mass is 19.4. The van der Waals surface area contributed by atoms with Crippen molar-refractivity contribution in [1.29, 1.82) is 0 Å². The normalized spacial score (nSPS) is 11.9. The molecule has 0 atom stereocenters. The van der Waals surface area contributed by atoms with Gasteiger partial charge < -0.3 is 4.98 Å². The van der Waals surface area contributed by atoms with Gasteiger partial charge in [-0.3, -0.25) is 0 Å². The van der Waals surface area contributed by atoms with Gasteiger partial charge in [0.2, 0.25) is 0 Å². The molecule has 0 spiro atoms. The van der Waals surface area contributed by atoms with Gasteiger partial charge >= 0.3 is 6.18 Å². The average molecular weight is 261 g/mol. The molecular weight excluding hydrogens is 251 g/mol. The fourth-order valence-electron chi connectivity index (χ4n) is 2.08. The van der Waals surface area contributed by atoms with Crippen molar-refractivity contribution < 1.29 is 13.2 Å². The van der Waals surface area contributed by atoms with Gasteiger partial charge in [0.1, 0.15) is 0 Å². The lowest BCUT2D eigenvalue weighted by atomic mass is 10.1. The third kappa shape index (κ3) is 2.21. The average Bonchev–Trinajstić information content (AvgIpc) is 2.81. The molecule has 0 aliphatic rings. The molecule has 3 aromatic rings. The molecular formula is C15H10F3N. The van der Waals surface area contributed by atoms with Crippen LogP contribution in [0.3, 0.4) is 0 Å². The zero-order valence-corrected chi connectivity index (χ0v) is 9.83. The van der Waals surface area contributed by atoms with Gasteiger partial charge in [-0.15, -0.1) is 0 Å². The Balaban J connectivity index is 2.12. The quantitative estimate of drug-likeness (QED) is 0.644. The molecule has 0 bridgehead atoms. The second-order valence-corrected chi connectivity index (χ2v) is 4.35. The Bertz CT molecular complexity index is 711. The molecule has 0 fully saturated rings. The van der Waals surface area contributed by atoms with Crippen LogP contribution < -0.4 is 0 Å². The summed E-state index contributed by atoms with van der Waals surface area (Å²) in [7, 11) is 0. The van der Waals surface area contributed by atoms with E-state index in [2.05, 4.69) is 4.98 Å². The van der Waals surface area contributed by atoms with Crippen molar-refractivity contribution in [3.05, 3.63) is 60.2 Å². The van der Waals surface area contributed by atoms with Crippen molar-refractivity contribution in [2.75, 3.05) is 0 Å². The van der Waals surface area contributed by atoms with Crippen LogP contribution in [0.15, 0.2) is 54.6 Å². The Morgan fingerprint density at radius 1 is 0.842 bits per heavy atom. The number of benzene rings is 2. The summed E-state index contributed by atoms with van der Waals surface area (Å²) in [5.41, 5.74) is 1.62. The molecule has 4 heteroatoms. The summed E-state index contributed by atoms with van der Waals surface area (Å²) in [4.78, 5) is 3.02. The monoisotopic (exact) mass is 261 g/mol. The summed E-state index contributed by atoms with van der Waals surface area (Å²) in [5.74, 6) is 0. The first-order valence-corrected chi connectivity index (χ1v) is 5.79. The van der Waals surface area contributed by atoms with Crippen molar-refractivity contribution >= 4 is 10.9 Å². The number of halogens is 3. The summed E-state index contributed by atoms with van der Waals surface area (Å²) in [6.07, 6.45) is -4.31. The molecule has 0 radical (unpaired) electrons. The van der Waals surface area contributed by atoms with Gasteiger partial charge in [-0.1, -0.05) is 36.4 Å². The van der Waals surface area contributed by atoms with Gasteiger partial charge in [-0.05, 0) is 23.8 Å². The predicted molar refractivity (Wildman–Crippen MR) is 68.7 cm³/mol. The fraction of sp³-hybridized carbons (Fsp3) is 0.0667. The summed E-state index contributed by atoms with van der Waals surface area (Å²) in [6, 6.07) is 15.1. The van der Waals surface area contributed by atoms with E-state index in [0.29, 0.717) is 5.52 Å². The Hall–Kier alpha value is -2.23. The molecule has 19 heavy (non-hydrogen) atoms. The van der Waals surface area contributed by atoms with Crippen molar-refractivity contribution in [3.8, 4) is 11.3 Å². The maximum Gasteiger partial charge on any atom is 0.416 e. The van der Waals surface area contributed by atoms with E-state index >= 15 is 0 Å². The van der Waals surface area contributed by atoms with Gasteiger partial charge in [0.05, 0.1) is 5.56 Å². The van der Waals surface area contributed by atoms with Crippen molar-refractivity contribution in [2.45, 2.75) is 6.18 Å². The highest BCUT2D eigenvalue weighted by Crippen LogP contribution is 2.32. The Labute approximate surface area is 107 Å². The van der Waals surface area contributed by atoms with E-state index in [1.807, 2.05) is 36.4 Å². The van der Waals surface area contributed by atoms with Gasteiger partial charge in [-0.25, -0.2) is 0 Å².